The van der Waals surface area contributed by atoms with E-state index in [4.69, 9.17) is 10.2 Å². The van der Waals surface area contributed by atoms with E-state index in [-0.39, 0.29) is 73.1 Å². The van der Waals surface area contributed by atoms with Crippen LogP contribution in [0.3, 0.4) is 0 Å². The van der Waals surface area contributed by atoms with Gasteiger partial charge in [-0.25, -0.2) is 0 Å². The SMILES string of the molecule is O=C([O-])CN(CCN(CC(=O)[O-])CC(=O)O)CCN(CC(=O)[O-])CC(=O)O.[Yb+3]. The number of rotatable bonds is 16. The minimum atomic E-state index is -1.51. The first-order chi connectivity index (χ1) is 12.5. The van der Waals surface area contributed by atoms with Crippen molar-refractivity contribution in [1.82, 2.24) is 14.7 Å². The van der Waals surface area contributed by atoms with Gasteiger partial charge in [-0.1, -0.05) is 0 Å². The minimum absolute atomic E-state index is 0. The van der Waals surface area contributed by atoms with E-state index in [2.05, 4.69) is 0 Å². The van der Waals surface area contributed by atoms with Crippen molar-refractivity contribution in [2.24, 2.45) is 0 Å². The Kier molecular flexibility index (Phi) is 16.2. The van der Waals surface area contributed by atoms with Gasteiger partial charge in [0.1, 0.15) is 0 Å². The average molecular weight is 563 g/mol. The van der Waals surface area contributed by atoms with Gasteiger partial charge in [-0.15, -0.1) is 0 Å². The van der Waals surface area contributed by atoms with Crippen molar-refractivity contribution in [1.29, 1.82) is 0 Å². The van der Waals surface area contributed by atoms with Crippen molar-refractivity contribution in [2.75, 3.05) is 58.9 Å². The van der Waals surface area contributed by atoms with E-state index in [0.29, 0.717) is 0 Å². The Labute approximate surface area is 198 Å². The van der Waals surface area contributed by atoms with E-state index in [1.54, 1.807) is 0 Å². The minimum Gasteiger partial charge on any atom is -0.549 e. The molecule has 2 N–H and O–H groups in total. The summed E-state index contributed by atoms with van der Waals surface area (Å²) < 4.78 is 0. The van der Waals surface area contributed by atoms with Crippen LogP contribution < -0.4 is 15.3 Å². The first-order valence-electron chi connectivity index (χ1n) is 7.69. The summed E-state index contributed by atoms with van der Waals surface area (Å²) in [6, 6.07) is 0. The molecule has 0 rings (SSSR count). The van der Waals surface area contributed by atoms with Gasteiger partial charge in [0, 0.05) is 45.8 Å². The molecule has 0 fully saturated rings. The van der Waals surface area contributed by atoms with Crippen molar-refractivity contribution in [3.8, 4) is 0 Å². The molecule has 0 amide bonds. The largest absolute Gasteiger partial charge is 3.00 e. The molecule has 14 heteroatoms. The molecular formula is C14H20N3O10Yb. The molecule has 0 aliphatic heterocycles. The first kappa shape index (κ1) is 29.0. The summed E-state index contributed by atoms with van der Waals surface area (Å²) in [5.74, 6) is -7.06. The molecule has 0 spiro atoms. The number of carboxylic acid groups (broad SMARTS) is 5. The summed E-state index contributed by atoms with van der Waals surface area (Å²) in [4.78, 5) is 56.9. The van der Waals surface area contributed by atoms with E-state index in [1.807, 2.05) is 0 Å². The van der Waals surface area contributed by atoms with Gasteiger partial charge in [-0.3, -0.25) is 24.3 Å². The van der Waals surface area contributed by atoms with Crippen LogP contribution in [0.4, 0.5) is 0 Å². The second-order valence-corrected chi connectivity index (χ2v) is 5.60. The zero-order chi connectivity index (χ0) is 21.0. The van der Waals surface area contributed by atoms with Gasteiger partial charge in [0.05, 0.1) is 31.0 Å². The van der Waals surface area contributed by atoms with Crippen LogP contribution in [-0.2, 0) is 24.0 Å². The van der Waals surface area contributed by atoms with Gasteiger partial charge < -0.3 is 39.9 Å². The third kappa shape index (κ3) is 16.9. The van der Waals surface area contributed by atoms with Crippen LogP contribution in [0.25, 0.3) is 0 Å². The Hall–Kier alpha value is -1.25. The Morgan fingerprint density at radius 3 is 1.04 bits per heavy atom. The van der Waals surface area contributed by atoms with E-state index in [1.165, 1.54) is 4.90 Å². The molecule has 13 nitrogen and oxygen atoms in total. The molecule has 0 aromatic heterocycles. The Morgan fingerprint density at radius 1 is 0.536 bits per heavy atom. The zero-order valence-electron chi connectivity index (χ0n) is 14.6. The van der Waals surface area contributed by atoms with E-state index in [9.17, 15) is 39.3 Å². The summed E-state index contributed by atoms with van der Waals surface area (Å²) >= 11 is 0. The van der Waals surface area contributed by atoms with Crippen LogP contribution in [-0.4, -0.2) is 114 Å². The van der Waals surface area contributed by atoms with E-state index in [0.717, 1.165) is 9.80 Å². The van der Waals surface area contributed by atoms with Crippen LogP contribution in [0.1, 0.15) is 0 Å². The van der Waals surface area contributed by atoms with Gasteiger partial charge in [-0.05, 0) is 0 Å². The number of carbonyl (C=O) groups is 5. The van der Waals surface area contributed by atoms with Gasteiger partial charge in [0.15, 0.2) is 0 Å². The maximum Gasteiger partial charge on any atom is 3.00 e. The Balaban J connectivity index is 0. The van der Waals surface area contributed by atoms with Crippen molar-refractivity contribution < 1.29 is 96.4 Å². The maximum atomic E-state index is 10.8. The Morgan fingerprint density at radius 2 is 0.786 bits per heavy atom. The number of hydrogen-bond acceptors (Lipinski definition) is 11. The van der Waals surface area contributed by atoms with E-state index < -0.39 is 62.6 Å². The number of hydrogen-bond donors (Lipinski definition) is 2. The third-order valence-electron chi connectivity index (χ3n) is 3.24. The Bertz CT molecular complexity index is 487. The summed E-state index contributed by atoms with van der Waals surface area (Å²) in [7, 11) is 0. The van der Waals surface area contributed by atoms with Crippen molar-refractivity contribution in [2.45, 2.75) is 0 Å². The molecule has 0 heterocycles. The van der Waals surface area contributed by atoms with Crippen molar-refractivity contribution in [3.05, 3.63) is 0 Å². The predicted octanol–water partition coefficient (Wildman–Crippen LogP) is -6.69. The topological polar surface area (TPSA) is 205 Å². The number of carbonyl (C=O) groups excluding carboxylic acids is 3. The molecule has 0 saturated heterocycles. The fourth-order valence-electron chi connectivity index (χ4n) is 2.19. The quantitative estimate of drug-likeness (QED) is 0.179. The molecule has 165 valence electrons. The maximum absolute atomic E-state index is 10.8. The summed E-state index contributed by atoms with van der Waals surface area (Å²) in [6.07, 6.45) is 0. The van der Waals surface area contributed by atoms with E-state index >= 15 is 0 Å². The summed E-state index contributed by atoms with van der Waals surface area (Å²) in [5, 5.41) is 49.6. The molecule has 0 saturated carbocycles. The van der Waals surface area contributed by atoms with Crippen molar-refractivity contribution in [3.63, 3.8) is 0 Å². The molecule has 0 aromatic rings. The second kappa shape index (κ2) is 15.6. The van der Waals surface area contributed by atoms with Crippen LogP contribution in [0.15, 0.2) is 0 Å². The summed E-state index contributed by atoms with van der Waals surface area (Å²) in [6.45, 7) is -3.60. The molecular weight excluding hydrogens is 543 g/mol. The van der Waals surface area contributed by atoms with Crippen molar-refractivity contribution >= 4 is 29.8 Å². The molecule has 28 heavy (non-hydrogen) atoms. The number of carboxylic acids is 5. The zero-order valence-corrected chi connectivity index (χ0v) is 16.3. The number of aliphatic carboxylic acids is 5. The normalized spacial score (nSPS) is 10.7. The fraction of sp³-hybridized carbons (Fsp3) is 0.643. The van der Waals surface area contributed by atoms with Gasteiger partial charge in [0.2, 0.25) is 0 Å². The number of nitrogens with zero attached hydrogens (tertiary/aromatic N) is 3. The second-order valence-electron chi connectivity index (χ2n) is 5.60. The first-order valence-corrected chi connectivity index (χ1v) is 7.69. The van der Waals surface area contributed by atoms with Gasteiger partial charge in [-0.2, -0.15) is 0 Å². The van der Waals surface area contributed by atoms with Gasteiger partial charge >= 0.3 is 58.9 Å². The van der Waals surface area contributed by atoms with Gasteiger partial charge in [0.25, 0.3) is 0 Å². The molecule has 0 bridgehead atoms. The molecule has 0 atom stereocenters. The average Bonchev–Trinajstić information content (AvgIpc) is 2.46. The molecule has 0 unspecified atom stereocenters. The molecule has 0 aromatic carbocycles. The van der Waals surface area contributed by atoms with Crippen LogP contribution >= 0.6 is 0 Å². The van der Waals surface area contributed by atoms with Crippen LogP contribution in [0, 0.1) is 46.9 Å². The molecule has 0 aliphatic carbocycles. The smallest absolute Gasteiger partial charge is 0.549 e. The third-order valence-corrected chi connectivity index (χ3v) is 3.24. The monoisotopic (exact) mass is 564 g/mol. The van der Waals surface area contributed by atoms with Crippen LogP contribution in [0.5, 0.6) is 0 Å². The predicted molar refractivity (Wildman–Crippen MR) is 79.6 cm³/mol. The molecule has 1 radical (unpaired) electrons. The summed E-state index contributed by atoms with van der Waals surface area (Å²) in [5.41, 5.74) is 0. The molecule has 0 aliphatic rings. The standard InChI is InChI=1S/C14H23N3O10.Yb/c18-10(19)5-15(1-3-16(6-11(20)21)7-12(22)23)2-4-17(8-13(24)25)9-14(26)27;/h1-9H2,(H,18,19)(H,20,21)(H,22,23)(H,24,25)(H,26,27);/q;+3/p-3. The fourth-order valence-corrected chi connectivity index (χ4v) is 2.19. The van der Waals surface area contributed by atoms with Crippen LogP contribution in [0.2, 0.25) is 0 Å².